The zero-order valence-electron chi connectivity index (χ0n) is 17.0. The largest absolute Gasteiger partial charge is 0.497 e. The molecule has 0 saturated carbocycles. The van der Waals surface area contributed by atoms with Gasteiger partial charge in [-0.1, -0.05) is 36.4 Å². The van der Waals surface area contributed by atoms with Gasteiger partial charge in [-0.3, -0.25) is 4.79 Å². The molecule has 0 fully saturated rings. The first-order valence-electron chi connectivity index (χ1n) is 9.75. The van der Waals surface area contributed by atoms with Crippen LogP contribution in [-0.4, -0.2) is 43.5 Å². The summed E-state index contributed by atoms with van der Waals surface area (Å²) in [6, 6.07) is 19.9. The Labute approximate surface area is 171 Å². The van der Waals surface area contributed by atoms with Gasteiger partial charge >= 0.3 is 0 Å². The average Bonchev–Trinajstić information content (AvgIpc) is 2.77. The Morgan fingerprint density at radius 3 is 2.62 bits per heavy atom. The fourth-order valence-corrected chi connectivity index (χ4v) is 4.01. The van der Waals surface area contributed by atoms with Crippen LogP contribution in [-0.2, 0) is 6.42 Å². The Hall–Kier alpha value is -3.34. The van der Waals surface area contributed by atoms with Crippen LogP contribution in [0.5, 0.6) is 5.75 Å². The molecule has 5 nitrogen and oxygen atoms in total. The highest BCUT2D eigenvalue weighted by atomic mass is 16.5. The number of nitrogens with zero attached hydrogens (tertiary/aromatic N) is 3. The van der Waals surface area contributed by atoms with E-state index in [1.165, 1.54) is 5.56 Å². The maximum absolute atomic E-state index is 13.7. The van der Waals surface area contributed by atoms with Gasteiger partial charge in [0.15, 0.2) is 0 Å². The van der Waals surface area contributed by atoms with Gasteiger partial charge in [0, 0.05) is 26.8 Å². The number of carbonyl (C=O) groups is 1. The minimum Gasteiger partial charge on any atom is -0.497 e. The van der Waals surface area contributed by atoms with Gasteiger partial charge in [-0.15, -0.1) is 0 Å². The Morgan fingerprint density at radius 2 is 1.90 bits per heavy atom. The molecule has 1 atom stereocenters. The molecule has 0 spiro atoms. The molecule has 0 saturated heterocycles. The van der Waals surface area contributed by atoms with E-state index < -0.39 is 0 Å². The first-order chi connectivity index (χ1) is 14.1. The van der Waals surface area contributed by atoms with Crippen molar-refractivity contribution in [3.05, 3.63) is 89.1 Å². The highest BCUT2D eigenvalue weighted by Gasteiger charge is 2.34. The second-order valence-corrected chi connectivity index (χ2v) is 7.40. The van der Waals surface area contributed by atoms with Crippen molar-refractivity contribution in [1.29, 1.82) is 0 Å². The lowest BCUT2D eigenvalue weighted by molar-refractivity contribution is 0.0694. The molecule has 1 aliphatic rings. The second-order valence-electron chi connectivity index (χ2n) is 7.40. The highest BCUT2D eigenvalue weighted by molar-refractivity contribution is 5.99. The zero-order chi connectivity index (χ0) is 20.4. The van der Waals surface area contributed by atoms with Crippen LogP contribution in [0.1, 0.15) is 33.1 Å². The molecule has 1 unspecified atom stereocenters. The molecule has 1 aromatic heterocycles. The number of hydrogen-bond acceptors (Lipinski definition) is 4. The summed E-state index contributed by atoms with van der Waals surface area (Å²) in [4.78, 5) is 22.0. The molecule has 29 heavy (non-hydrogen) atoms. The highest BCUT2D eigenvalue weighted by Crippen LogP contribution is 2.38. The summed E-state index contributed by atoms with van der Waals surface area (Å²) in [6.07, 6.45) is 2.53. The van der Waals surface area contributed by atoms with Crippen LogP contribution in [0.4, 0.5) is 5.82 Å². The summed E-state index contributed by atoms with van der Waals surface area (Å²) in [5.41, 5.74) is 4.07. The lowest BCUT2D eigenvalue weighted by Gasteiger charge is -2.38. The summed E-state index contributed by atoms with van der Waals surface area (Å²) in [5.74, 6) is 1.47. The lowest BCUT2D eigenvalue weighted by Crippen LogP contribution is -2.41. The van der Waals surface area contributed by atoms with E-state index >= 15 is 0 Å². The number of ether oxygens (including phenoxy) is 1. The van der Waals surface area contributed by atoms with Crippen LogP contribution < -0.4 is 9.64 Å². The number of fused-ring (bicyclic) bond motifs is 1. The quantitative estimate of drug-likeness (QED) is 0.680. The molecule has 0 radical (unpaired) electrons. The number of anilines is 1. The van der Waals surface area contributed by atoms with Crippen LogP contribution in [0, 0.1) is 0 Å². The molecule has 0 aliphatic carbocycles. The second kappa shape index (κ2) is 7.95. The molecule has 1 amide bonds. The van der Waals surface area contributed by atoms with Gasteiger partial charge in [0.25, 0.3) is 5.91 Å². The minimum atomic E-state index is -0.169. The predicted octanol–water partition coefficient (Wildman–Crippen LogP) is 3.94. The summed E-state index contributed by atoms with van der Waals surface area (Å²) >= 11 is 0. The third-order valence-electron chi connectivity index (χ3n) is 5.40. The van der Waals surface area contributed by atoms with Crippen molar-refractivity contribution in [1.82, 2.24) is 9.88 Å². The summed E-state index contributed by atoms with van der Waals surface area (Å²) in [5, 5.41) is 0. The van der Waals surface area contributed by atoms with Gasteiger partial charge in [0.1, 0.15) is 11.6 Å². The summed E-state index contributed by atoms with van der Waals surface area (Å²) in [6.45, 7) is 0.652. The third-order valence-corrected chi connectivity index (χ3v) is 5.40. The van der Waals surface area contributed by atoms with Crippen molar-refractivity contribution < 1.29 is 9.53 Å². The number of methoxy groups -OCH3 is 1. The topological polar surface area (TPSA) is 45.7 Å². The fraction of sp³-hybridized carbons (Fsp3) is 0.250. The molecule has 3 aromatic rings. The number of aromatic nitrogens is 1. The van der Waals surface area contributed by atoms with Crippen molar-refractivity contribution in [2.75, 3.05) is 32.6 Å². The standard InChI is InChI=1S/C24H25N3O2/c1-26(2)23-20(10-7-14-25-23)24(28)27-15-13-17-11-12-19(29-3)16-21(17)22(27)18-8-5-4-6-9-18/h4-12,14,16,22H,13,15H2,1-3H3. The van der Waals surface area contributed by atoms with Crippen molar-refractivity contribution in [2.45, 2.75) is 12.5 Å². The molecule has 1 aliphatic heterocycles. The lowest BCUT2D eigenvalue weighted by atomic mass is 9.87. The molecule has 4 rings (SSSR count). The Balaban J connectivity index is 1.83. The Morgan fingerprint density at radius 1 is 1.10 bits per heavy atom. The smallest absolute Gasteiger partial charge is 0.258 e. The molecule has 148 valence electrons. The van der Waals surface area contributed by atoms with Gasteiger partial charge in [-0.25, -0.2) is 4.98 Å². The fourth-order valence-electron chi connectivity index (χ4n) is 4.01. The van der Waals surface area contributed by atoms with Crippen molar-refractivity contribution in [3.63, 3.8) is 0 Å². The number of hydrogen-bond donors (Lipinski definition) is 0. The zero-order valence-corrected chi connectivity index (χ0v) is 17.0. The number of amides is 1. The number of benzene rings is 2. The van der Waals surface area contributed by atoms with Crippen LogP contribution in [0.25, 0.3) is 0 Å². The van der Waals surface area contributed by atoms with E-state index in [1.807, 2.05) is 60.3 Å². The number of rotatable bonds is 4. The normalized spacial score (nSPS) is 15.6. The molecule has 0 bridgehead atoms. The van der Waals surface area contributed by atoms with Crippen molar-refractivity contribution in [3.8, 4) is 5.75 Å². The van der Waals surface area contributed by atoms with E-state index in [9.17, 15) is 4.79 Å². The van der Waals surface area contributed by atoms with Crippen LogP contribution in [0.15, 0.2) is 66.9 Å². The van der Waals surface area contributed by atoms with Gasteiger partial charge in [0.2, 0.25) is 0 Å². The van der Waals surface area contributed by atoms with Gasteiger partial charge in [-0.05, 0) is 47.4 Å². The molecule has 2 aromatic carbocycles. The molecule has 2 heterocycles. The van der Waals surface area contributed by atoms with E-state index in [4.69, 9.17) is 4.74 Å². The molecular formula is C24H25N3O2. The molecule has 5 heteroatoms. The maximum Gasteiger partial charge on any atom is 0.258 e. The monoisotopic (exact) mass is 387 g/mol. The molecule has 0 N–H and O–H groups in total. The summed E-state index contributed by atoms with van der Waals surface area (Å²) < 4.78 is 5.48. The predicted molar refractivity (Wildman–Crippen MR) is 115 cm³/mol. The number of carbonyl (C=O) groups excluding carboxylic acids is 1. The first-order valence-corrected chi connectivity index (χ1v) is 9.75. The molecular weight excluding hydrogens is 362 g/mol. The summed E-state index contributed by atoms with van der Waals surface area (Å²) in [7, 11) is 5.48. The first kappa shape index (κ1) is 19.0. The SMILES string of the molecule is COc1ccc2c(c1)C(c1ccccc1)N(C(=O)c1cccnc1N(C)C)CC2. The van der Waals surface area contributed by atoms with Crippen LogP contribution in [0.2, 0.25) is 0 Å². The van der Waals surface area contributed by atoms with Crippen LogP contribution in [0.3, 0.4) is 0 Å². The van der Waals surface area contributed by atoms with Crippen LogP contribution >= 0.6 is 0 Å². The van der Waals surface area contributed by atoms with E-state index in [2.05, 4.69) is 29.2 Å². The van der Waals surface area contributed by atoms with Gasteiger partial charge < -0.3 is 14.5 Å². The van der Waals surface area contributed by atoms with Crippen molar-refractivity contribution in [2.24, 2.45) is 0 Å². The van der Waals surface area contributed by atoms with E-state index in [0.29, 0.717) is 17.9 Å². The minimum absolute atomic E-state index is 0.0101. The van der Waals surface area contributed by atoms with Gasteiger partial charge in [0.05, 0.1) is 18.7 Å². The Kier molecular flexibility index (Phi) is 5.21. The maximum atomic E-state index is 13.7. The number of pyridine rings is 1. The third kappa shape index (κ3) is 3.56. The van der Waals surface area contributed by atoms with Gasteiger partial charge in [-0.2, -0.15) is 0 Å². The van der Waals surface area contributed by atoms with E-state index in [-0.39, 0.29) is 11.9 Å². The van der Waals surface area contributed by atoms with Crippen molar-refractivity contribution >= 4 is 11.7 Å². The van der Waals surface area contributed by atoms with E-state index in [0.717, 1.165) is 23.3 Å². The average molecular weight is 387 g/mol. The Bertz CT molecular complexity index is 1020. The van der Waals surface area contributed by atoms with E-state index in [1.54, 1.807) is 13.3 Å².